The molecule has 0 saturated carbocycles. The van der Waals surface area contributed by atoms with Crippen LogP contribution >= 0.6 is 0 Å². The average molecular weight is 350 g/mol. The SMILES string of the molecule is C[C@@H](CNC(=O)C(=O)Nc1ccccc1C(F)(F)F)c1ccccc1. The predicted octanol–water partition coefficient (Wildman–Crippen LogP) is 3.56. The molecule has 0 unspecified atom stereocenters. The maximum absolute atomic E-state index is 12.9. The minimum Gasteiger partial charge on any atom is -0.347 e. The van der Waals surface area contributed by atoms with Crippen LogP contribution in [0.2, 0.25) is 0 Å². The summed E-state index contributed by atoms with van der Waals surface area (Å²) in [4.78, 5) is 23.7. The number of benzene rings is 2. The lowest BCUT2D eigenvalue weighted by molar-refractivity contribution is -0.138. The van der Waals surface area contributed by atoms with Gasteiger partial charge in [0.2, 0.25) is 0 Å². The highest BCUT2D eigenvalue weighted by molar-refractivity contribution is 6.39. The summed E-state index contributed by atoms with van der Waals surface area (Å²) >= 11 is 0. The zero-order valence-corrected chi connectivity index (χ0v) is 13.4. The van der Waals surface area contributed by atoms with Gasteiger partial charge in [-0.3, -0.25) is 9.59 Å². The Morgan fingerprint density at radius 1 is 0.960 bits per heavy atom. The first-order valence-corrected chi connectivity index (χ1v) is 7.59. The highest BCUT2D eigenvalue weighted by Crippen LogP contribution is 2.34. The van der Waals surface area contributed by atoms with Gasteiger partial charge in [-0.25, -0.2) is 0 Å². The van der Waals surface area contributed by atoms with Gasteiger partial charge in [-0.15, -0.1) is 0 Å². The number of nitrogens with one attached hydrogen (secondary N) is 2. The third-order valence-electron chi connectivity index (χ3n) is 3.62. The molecule has 0 aromatic heterocycles. The molecule has 0 aliphatic rings. The van der Waals surface area contributed by atoms with Crippen LogP contribution in [0, 0.1) is 0 Å². The number of hydrogen-bond donors (Lipinski definition) is 2. The van der Waals surface area contributed by atoms with E-state index < -0.39 is 29.2 Å². The van der Waals surface area contributed by atoms with Gasteiger partial charge in [0.1, 0.15) is 0 Å². The largest absolute Gasteiger partial charge is 0.418 e. The highest BCUT2D eigenvalue weighted by atomic mass is 19.4. The van der Waals surface area contributed by atoms with Crippen LogP contribution < -0.4 is 10.6 Å². The second kappa shape index (κ2) is 7.83. The van der Waals surface area contributed by atoms with Gasteiger partial charge < -0.3 is 10.6 Å². The van der Waals surface area contributed by atoms with E-state index in [4.69, 9.17) is 0 Å². The summed E-state index contributed by atoms with van der Waals surface area (Å²) in [6.07, 6.45) is -4.62. The van der Waals surface area contributed by atoms with Crippen LogP contribution in [0.5, 0.6) is 0 Å². The molecular formula is C18H17F3N2O2. The van der Waals surface area contributed by atoms with E-state index in [-0.39, 0.29) is 12.5 Å². The Balaban J connectivity index is 1.97. The number of para-hydroxylation sites is 1. The van der Waals surface area contributed by atoms with E-state index in [1.165, 1.54) is 12.1 Å². The van der Waals surface area contributed by atoms with Crippen LogP contribution in [0.3, 0.4) is 0 Å². The van der Waals surface area contributed by atoms with Crippen LogP contribution in [0.25, 0.3) is 0 Å². The molecule has 0 radical (unpaired) electrons. The lowest BCUT2D eigenvalue weighted by Crippen LogP contribution is -2.37. The normalized spacial score (nSPS) is 12.3. The minimum atomic E-state index is -4.62. The summed E-state index contributed by atoms with van der Waals surface area (Å²) in [6, 6.07) is 13.8. The molecule has 2 N–H and O–H groups in total. The van der Waals surface area contributed by atoms with Gasteiger partial charge in [-0.1, -0.05) is 49.4 Å². The number of amides is 2. The molecule has 7 heteroatoms. The lowest BCUT2D eigenvalue weighted by atomic mass is 10.0. The van der Waals surface area contributed by atoms with Crippen LogP contribution in [-0.2, 0) is 15.8 Å². The molecular weight excluding hydrogens is 333 g/mol. The summed E-state index contributed by atoms with van der Waals surface area (Å²) in [5.74, 6) is -2.17. The van der Waals surface area contributed by atoms with Crippen molar-refractivity contribution in [1.29, 1.82) is 0 Å². The third-order valence-corrected chi connectivity index (χ3v) is 3.62. The molecule has 132 valence electrons. The van der Waals surface area contributed by atoms with Crippen LogP contribution in [0.4, 0.5) is 18.9 Å². The monoisotopic (exact) mass is 350 g/mol. The van der Waals surface area contributed by atoms with E-state index >= 15 is 0 Å². The third kappa shape index (κ3) is 5.07. The molecule has 0 aliphatic carbocycles. The first-order chi connectivity index (χ1) is 11.8. The van der Waals surface area contributed by atoms with Crippen LogP contribution in [0.1, 0.15) is 24.0 Å². The van der Waals surface area contributed by atoms with Crippen molar-refractivity contribution in [3.8, 4) is 0 Å². The first kappa shape index (κ1) is 18.5. The number of carbonyl (C=O) groups excluding carboxylic acids is 2. The van der Waals surface area contributed by atoms with Crippen molar-refractivity contribution in [2.45, 2.75) is 19.0 Å². The van der Waals surface area contributed by atoms with E-state index in [0.29, 0.717) is 0 Å². The highest BCUT2D eigenvalue weighted by Gasteiger charge is 2.34. The first-order valence-electron chi connectivity index (χ1n) is 7.59. The minimum absolute atomic E-state index is 0.0413. The zero-order valence-electron chi connectivity index (χ0n) is 13.4. The summed E-state index contributed by atoms with van der Waals surface area (Å²) in [5, 5.41) is 4.44. The van der Waals surface area contributed by atoms with Crippen molar-refractivity contribution in [1.82, 2.24) is 5.32 Å². The van der Waals surface area contributed by atoms with Crippen molar-refractivity contribution in [3.63, 3.8) is 0 Å². The molecule has 25 heavy (non-hydrogen) atoms. The number of carbonyl (C=O) groups is 2. The lowest BCUT2D eigenvalue weighted by Gasteiger charge is -2.15. The number of alkyl halides is 3. The molecule has 0 heterocycles. The van der Waals surface area contributed by atoms with E-state index in [9.17, 15) is 22.8 Å². The Labute approximate surface area is 143 Å². The number of rotatable bonds is 4. The number of anilines is 1. The maximum Gasteiger partial charge on any atom is 0.418 e. The Morgan fingerprint density at radius 3 is 2.20 bits per heavy atom. The molecule has 0 fully saturated rings. The molecule has 4 nitrogen and oxygen atoms in total. The maximum atomic E-state index is 12.9. The molecule has 0 spiro atoms. The van der Waals surface area contributed by atoms with Crippen molar-refractivity contribution in [3.05, 3.63) is 65.7 Å². The number of hydrogen-bond acceptors (Lipinski definition) is 2. The van der Waals surface area contributed by atoms with Gasteiger partial charge in [0.25, 0.3) is 0 Å². The summed E-state index contributed by atoms with van der Waals surface area (Å²) in [5.41, 5.74) is -0.481. The molecule has 0 saturated heterocycles. The average Bonchev–Trinajstić information content (AvgIpc) is 2.59. The van der Waals surface area contributed by atoms with Crippen LogP contribution in [-0.4, -0.2) is 18.4 Å². The Bertz CT molecular complexity index is 745. The molecule has 1 atom stereocenters. The predicted molar refractivity (Wildman–Crippen MR) is 87.9 cm³/mol. The van der Waals surface area contributed by atoms with E-state index in [1.807, 2.05) is 42.6 Å². The van der Waals surface area contributed by atoms with Crippen molar-refractivity contribution in [2.24, 2.45) is 0 Å². The van der Waals surface area contributed by atoms with Gasteiger partial charge in [0.05, 0.1) is 11.3 Å². The summed E-state index contributed by atoms with van der Waals surface area (Å²) in [6.45, 7) is 2.06. The van der Waals surface area contributed by atoms with Gasteiger partial charge in [0.15, 0.2) is 0 Å². The zero-order chi connectivity index (χ0) is 18.4. The standard InChI is InChI=1S/C18H17F3N2O2/c1-12(13-7-3-2-4-8-13)11-22-16(24)17(25)23-15-10-6-5-9-14(15)18(19,20)21/h2-10,12H,11H2,1H3,(H,22,24)(H,23,25)/t12-/m0/s1. The van der Waals surface area contributed by atoms with Gasteiger partial charge in [0, 0.05) is 6.54 Å². The molecule has 2 aromatic carbocycles. The van der Waals surface area contributed by atoms with Crippen molar-refractivity contribution >= 4 is 17.5 Å². The fraction of sp³-hybridized carbons (Fsp3) is 0.222. The van der Waals surface area contributed by atoms with Gasteiger partial charge in [-0.2, -0.15) is 13.2 Å². The Kier molecular flexibility index (Phi) is 5.80. The second-order valence-electron chi connectivity index (χ2n) is 5.52. The molecule has 2 rings (SSSR count). The number of halogens is 3. The fourth-order valence-electron chi connectivity index (χ4n) is 2.24. The van der Waals surface area contributed by atoms with Crippen molar-refractivity contribution in [2.75, 3.05) is 11.9 Å². The quantitative estimate of drug-likeness (QED) is 0.829. The topological polar surface area (TPSA) is 58.2 Å². The fourth-order valence-corrected chi connectivity index (χ4v) is 2.24. The molecule has 0 bridgehead atoms. The molecule has 0 aliphatic heterocycles. The van der Waals surface area contributed by atoms with Gasteiger partial charge in [-0.05, 0) is 23.6 Å². The van der Waals surface area contributed by atoms with E-state index in [2.05, 4.69) is 5.32 Å². The summed E-state index contributed by atoms with van der Waals surface area (Å²) in [7, 11) is 0. The van der Waals surface area contributed by atoms with E-state index in [0.717, 1.165) is 17.7 Å². The van der Waals surface area contributed by atoms with Crippen molar-refractivity contribution < 1.29 is 22.8 Å². The second-order valence-corrected chi connectivity index (χ2v) is 5.52. The van der Waals surface area contributed by atoms with Crippen LogP contribution in [0.15, 0.2) is 54.6 Å². The molecule has 2 aromatic rings. The smallest absolute Gasteiger partial charge is 0.347 e. The Hall–Kier alpha value is -2.83. The van der Waals surface area contributed by atoms with E-state index in [1.54, 1.807) is 0 Å². The Morgan fingerprint density at radius 2 is 1.56 bits per heavy atom. The molecule has 2 amide bonds. The summed E-state index contributed by atoms with van der Waals surface area (Å²) < 4.78 is 38.7. The van der Waals surface area contributed by atoms with Gasteiger partial charge >= 0.3 is 18.0 Å².